The lowest BCUT2D eigenvalue weighted by atomic mass is 10.1. The summed E-state index contributed by atoms with van der Waals surface area (Å²) in [5.74, 6) is -1.25. The fraction of sp³-hybridized carbons (Fsp3) is 0.250. The van der Waals surface area contributed by atoms with Crippen LogP contribution in [0.4, 0.5) is 0 Å². The Hall–Kier alpha value is -2.14. The summed E-state index contributed by atoms with van der Waals surface area (Å²) in [4.78, 5) is 26.8. The number of nitrogens with zero attached hydrogens (tertiary/aromatic N) is 1. The topological polar surface area (TPSA) is 57.6 Å². The van der Waals surface area contributed by atoms with E-state index in [9.17, 15) is 14.7 Å². The minimum absolute atomic E-state index is 0.244. The van der Waals surface area contributed by atoms with Gasteiger partial charge in [0, 0.05) is 11.4 Å². The number of carbonyl (C=O) groups excluding carboxylic acids is 1. The Labute approximate surface area is 127 Å². The summed E-state index contributed by atoms with van der Waals surface area (Å²) >= 11 is 1.38. The Balaban J connectivity index is 2.27. The lowest BCUT2D eigenvalue weighted by molar-refractivity contribution is -0.141. The van der Waals surface area contributed by atoms with Crippen molar-refractivity contribution >= 4 is 23.2 Å². The van der Waals surface area contributed by atoms with E-state index < -0.39 is 12.0 Å². The van der Waals surface area contributed by atoms with Crippen LogP contribution in [-0.2, 0) is 11.3 Å². The average molecular weight is 303 g/mol. The molecule has 0 aliphatic carbocycles. The third-order valence-electron chi connectivity index (χ3n) is 3.23. The van der Waals surface area contributed by atoms with Gasteiger partial charge in [-0.25, -0.2) is 4.79 Å². The monoisotopic (exact) mass is 303 g/mol. The van der Waals surface area contributed by atoms with E-state index in [2.05, 4.69) is 0 Å². The van der Waals surface area contributed by atoms with Crippen LogP contribution in [0.5, 0.6) is 0 Å². The highest BCUT2D eigenvalue weighted by molar-refractivity contribution is 7.13. The second-order valence-electron chi connectivity index (χ2n) is 4.84. The van der Waals surface area contributed by atoms with Crippen molar-refractivity contribution in [3.63, 3.8) is 0 Å². The van der Waals surface area contributed by atoms with Crippen LogP contribution in [0.3, 0.4) is 0 Å². The molecular weight excluding hydrogens is 286 g/mol. The Morgan fingerprint density at radius 2 is 1.86 bits per heavy atom. The van der Waals surface area contributed by atoms with Crippen LogP contribution in [0.2, 0.25) is 0 Å². The lowest BCUT2D eigenvalue weighted by Gasteiger charge is -2.26. The summed E-state index contributed by atoms with van der Waals surface area (Å²) in [6, 6.07) is 12.1. The van der Waals surface area contributed by atoms with E-state index in [4.69, 9.17) is 0 Å². The fourth-order valence-electron chi connectivity index (χ4n) is 1.99. The highest BCUT2D eigenvalue weighted by atomic mass is 32.1. The highest BCUT2D eigenvalue weighted by Gasteiger charge is 2.27. The normalized spacial score (nSPS) is 11.9. The van der Waals surface area contributed by atoms with Crippen LogP contribution in [0, 0.1) is 6.92 Å². The Morgan fingerprint density at radius 1 is 1.19 bits per heavy atom. The predicted molar refractivity (Wildman–Crippen MR) is 82.5 cm³/mol. The number of carboxylic acids is 1. The molecular formula is C16H17NO3S. The number of carboxylic acid groups (broad SMARTS) is 1. The van der Waals surface area contributed by atoms with Crippen LogP contribution in [0.25, 0.3) is 0 Å². The summed E-state index contributed by atoms with van der Waals surface area (Å²) in [5, 5.41) is 9.24. The van der Waals surface area contributed by atoms with Crippen LogP contribution < -0.4 is 0 Å². The molecule has 1 N–H and O–H groups in total. The van der Waals surface area contributed by atoms with Gasteiger partial charge in [0.15, 0.2) is 0 Å². The zero-order chi connectivity index (χ0) is 15.4. The van der Waals surface area contributed by atoms with E-state index in [1.54, 1.807) is 6.07 Å². The van der Waals surface area contributed by atoms with Crippen LogP contribution in [0.1, 0.15) is 27.0 Å². The molecule has 5 heteroatoms. The molecule has 0 spiro atoms. The van der Waals surface area contributed by atoms with Crippen molar-refractivity contribution in [3.8, 4) is 0 Å². The first kappa shape index (κ1) is 15.3. The number of carbonyl (C=O) groups is 2. The van der Waals surface area contributed by atoms with Crippen LogP contribution >= 0.6 is 11.3 Å². The Bertz CT molecular complexity index is 636. The molecule has 0 aliphatic rings. The number of aryl methyl sites for hydroxylation is 1. The molecule has 1 amide bonds. The highest BCUT2D eigenvalue weighted by Crippen LogP contribution is 2.20. The van der Waals surface area contributed by atoms with Crippen molar-refractivity contribution in [2.75, 3.05) is 0 Å². The molecule has 1 unspecified atom stereocenters. The summed E-state index contributed by atoms with van der Waals surface area (Å²) in [6.07, 6.45) is 0. The van der Waals surface area contributed by atoms with Gasteiger partial charge in [-0.05, 0) is 31.5 Å². The first-order chi connectivity index (χ1) is 9.99. The van der Waals surface area contributed by atoms with E-state index in [-0.39, 0.29) is 12.5 Å². The van der Waals surface area contributed by atoms with Crippen molar-refractivity contribution in [1.82, 2.24) is 4.90 Å². The number of benzene rings is 1. The minimum atomic E-state index is -1.01. The van der Waals surface area contributed by atoms with E-state index in [0.29, 0.717) is 4.88 Å². The molecule has 1 aromatic carbocycles. The third kappa shape index (κ3) is 3.70. The van der Waals surface area contributed by atoms with Crippen molar-refractivity contribution in [2.45, 2.75) is 26.4 Å². The number of hydrogen-bond acceptors (Lipinski definition) is 3. The molecule has 1 atom stereocenters. The van der Waals surface area contributed by atoms with Gasteiger partial charge in [-0.2, -0.15) is 0 Å². The summed E-state index contributed by atoms with van der Waals surface area (Å²) in [5.41, 5.74) is 0.909. The molecule has 1 aromatic heterocycles. The Morgan fingerprint density at radius 3 is 2.38 bits per heavy atom. The van der Waals surface area contributed by atoms with Crippen LogP contribution in [0.15, 0.2) is 42.5 Å². The lowest BCUT2D eigenvalue weighted by Crippen LogP contribution is -2.42. The van der Waals surface area contributed by atoms with Gasteiger partial charge >= 0.3 is 5.97 Å². The first-order valence-electron chi connectivity index (χ1n) is 6.63. The van der Waals surface area contributed by atoms with Crippen LogP contribution in [-0.4, -0.2) is 27.9 Å². The first-order valence-corrected chi connectivity index (χ1v) is 7.45. The number of amides is 1. The smallest absolute Gasteiger partial charge is 0.326 e. The molecule has 110 valence electrons. The van der Waals surface area contributed by atoms with Gasteiger partial charge in [0.25, 0.3) is 5.91 Å². The predicted octanol–water partition coefficient (Wildman–Crippen LogP) is 3.17. The maximum absolute atomic E-state index is 12.6. The molecule has 2 rings (SSSR count). The second-order valence-corrected chi connectivity index (χ2v) is 6.13. The van der Waals surface area contributed by atoms with E-state index in [1.807, 2.05) is 43.3 Å². The summed E-state index contributed by atoms with van der Waals surface area (Å²) in [6.45, 7) is 3.73. The molecule has 0 radical (unpaired) electrons. The molecule has 4 nitrogen and oxygen atoms in total. The van der Waals surface area contributed by atoms with Crippen molar-refractivity contribution < 1.29 is 14.7 Å². The maximum Gasteiger partial charge on any atom is 0.326 e. The van der Waals surface area contributed by atoms with Gasteiger partial charge in [-0.1, -0.05) is 30.3 Å². The number of aliphatic carboxylic acids is 1. The van der Waals surface area contributed by atoms with Crippen molar-refractivity contribution in [1.29, 1.82) is 0 Å². The molecule has 1 heterocycles. The van der Waals surface area contributed by atoms with Gasteiger partial charge in [0.2, 0.25) is 0 Å². The number of hydrogen-bond donors (Lipinski definition) is 1. The van der Waals surface area contributed by atoms with Crippen molar-refractivity contribution in [3.05, 3.63) is 57.8 Å². The van der Waals surface area contributed by atoms with E-state index in [0.717, 1.165) is 10.4 Å². The second kappa shape index (κ2) is 6.54. The zero-order valence-electron chi connectivity index (χ0n) is 11.9. The largest absolute Gasteiger partial charge is 0.480 e. The van der Waals surface area contributed by atoms with Crippen molar-refractivity contribution in [2.24, 2.45) is 0 Å². The fourth-order valence-corrected chi connectivity index (χ4v) is 2.81. The average Bonchev–Trinajstić information content (AvgIpc) is 2.91. The third-order valence-corrected chi connectivity index (χ3v) is 4.22. The number of thiophene rings is 1. The van der Waals surface area contributed by atoms with Gasteiger partial charge in [-0.15, -0.1) is 11.3 Å². The minimum Gasteiger partial charge on any atom is -0.480 e. The molecule has 0 fully saturated rings. The molecule has 2 aromatic rings. The summed E-state index contributed by atoms with van der Waals surface area (Å²) < 4.78 is 0. The Kier molecular flexibility index (Phi) is 4.75. The van der Waals surface area contributed by atoms with E-state index in [1.165, 1.54) is 23.2 Å². The molecule has 0 saturated heterocycles. The van der Waals surface area contributed by atoms with Gasteiger partial charge in [0.05, 0.1) is 4.88 Å². The van der Waals surface area contributed by atoms with Gasteiger partial charge < -0.3 is 10.0 Å². The quantitative estimate of drug-likeness (QED) is 0.923. The molecule has 0 saturated carbocycles. The van der Waals surface area contributed by atoms with Gasteiger partial charge in [-0.3, -0.25) is 4.79 Å². The molecule has 0 bridgehead atoms. The number of rotatable bonds is 5. The molecule has 0 aliphatic heterocycles. The maximum atomic E-state index is 12.6. The SMILES string of the molecule is Cc1ccc(C(=O)N(Cc2ccccc2)C(C)C(=O)O)s1. The zero-order valence-corrected chi connectivity index (χ0v) is 12.8. The standard InChI is InChI=1S/C16H17NO3S/c1-11-8-9-14(21-11)15(18)17(12(2)16(19)20)10-13-6-4-3-5-7-13/h3-9,12H,10H2,1-2H3,(H,19,20). The van der Waals surface area contributed by atoms with E-state index >= 15 is 0 Å². The summed E-state index contributed by atoms with van der Waals surface area (Å²) in [7, 11) is 0. The molecule has 21 heavy (non-hydrogen) atoms. The van der Waals surface area contributed by atoms with Gasteiger partial charge in [0.1, 0.15) is 6.04 Å².